The van der Waals surface area contributed by atoms with Crippen molar-refractivity contribution < 1.29 is 18.7 Å². The molecule has 2 amide bonds. The molecule has 2 heterocycles. The lowest BCUT2D eigenvalue weighted by molar-refractivity contribution is -0.140. The van der Waals surface area contributed by atoms with Gasteiger partial charge in [0.1, 0.15) is 17.0 Å². The number of rotatable bonds is 4. The van der Waals surface area contributed by atoms with Crippen LogP contribution in [0.4, 0.5) is 9.18 Å². The van der Waals surface area contributed by atoms with Crippen LogP contribution < -0.4 is 0 Å². The minimum Gasteiger partial charge on any atom is -0.440 e. The average Bonchev–Trinajstić information content (AvgIpc) is 2.97. The van der Waals surface area contributed by atoms with Crippen LogP contribution in [0.3, 0.4) is 0 Å². The average molecular weight is 425 g/mol. The third-order valence-electron chi connectivity index (χ3n) is 6.93. The number of ether oxygens (including phenoxy) is 1. The van der Waals surface area contributed by atoms with E-state index < -0.39 is 17.2 Å². The highest BCUT2D eigenvalue weighted by Crippen LogP contribution is 2.52. The Balaban J connectivity index is 1.72. The van der Waals surface area contributed by atoms with Crippen molar-refractivity contribution in [2.45, 2.75) is 51.3 Å². The highest BCUT2D eigenvalue weighted by molar-refractivity contribution is 5.78. The van der Waals surface area contributed by atoms with Gasteiger partial charge in [-0.1, -0.05) is 62.4 Å². The fraction of sp³-hybridized carbons (Fsp3) is 0.440. The number of amides is 2. The first-order chi connectivity index (χ1) is 14.8. The second-order valence-corrected chi connectivity index (χ2v) is 8.96. The first-order valence-electron chi connectivity index (χ1n) is 10.9. The largest absolute Gasteiger partial charge is 0.440 e. The number of benzene rings is 2. The number of nitrogens with zero attached hydrogens (tertiary/aromatic N) is 2. The Labute approximate surface area is 182 Å². The van der Waals surface area contributed by atoms with Gasteiger partial charge in [0.05, 0.1) is 6.54 Å². The molecule has 4 rings (SSSR count). The Morgan fingerprint density at radius 3 is 2.29 bits per heavy atom. The molecule has 1 atom stereocenters. The quantitative estimate of drug-likeness (QED) is 0.714. The van der Waals surface area contributed by atoms with Crippen LogP contribution in [0.15, 0.2) is 54.6 Å². The molecule has 0 saturated carbocycles. The Morgan fingerprint density at radius 1 is 1.06 bits per heavy atom. The van der Waals surface area contributed by atoms with Crippen LogP contribution in [0.2, 0.25) is 0 Å². The topological polar surface area (TPSA) is 49.9 Å². The summed E-state index contributed by atoms with van der Waals surface area (Å²) < 4.78 is 20.6. The second kappa shape index (κ2) is 7.98. The van der Waals surface area contributed by atoms with Crippen LogP contribution in [-0.2, 0) is 21.6 Å². The highest BCUT2D eigenvalue weighted by Gasteiger charge is 2.63. The minimum atomic E-state index is -0.791. The predicted molar refractivity (Wildman–Crippen MR) is 116 cm³/mol. The minimum absolute atomic E-state index is 0.0711. The molecule has 1 spiro atoms. The summed E-state index contributed by atoms with van der Waals surface area (Å²) in [5.74, 6) is -0.300. The maximum absolute atomic E-state index is 14.5. The van der Waals surface area contributed by atoms with Crippen molar-refractivity contribution in [2.75, 3.05) is 13.1 Å². The molecule has 2 aromatic rings. The number of carbonyl (C=O) groups excluding carboxylic acids is 2. The van der Waals surface area contributed by atoms with Gasteiger partial charge in [0.25, 0.3) is 0 Å². The SMILES string of the molecule is CC(C)C(=O)N1CCC2(CC1)OC(=O)N(Cc1ccccc1F)C2(C)c1ccccc1. The molecule has 2 aliphatic rings. The number of piperidine rings is 1. The summed E-state index contributed by atoms with van der Waals surface area (Å²) in [5, 5.41) is 0. The Hall–Kier alpha value is -2.89. The molecule has 0 bridgehead atoms. The summed E-state index contributed by atoms with van der Waals surface area (Å²) >= 11 is 0. The number of halogens is 1. The first-order valence-corrected chi connectivity index (χ1v) is 10.9. The van der Waals surface area contributed by atoms with E-state index in [4.69, 9.17) is 4.74 Å². The molecule has 164 valence electrons. The van der Waals surface area contributed by atoms with Gasteiger partial charge < -0.3 is 9.64 Å². The molecule has 0 aromatic heterocycles. The summed E-state index contributed by atoms with van der Waals surface area (Å²) in [6, 6.07) is 16.3. The Bertz CT molecular complexity index is 970. The summed E-state index contributed by atoms with van der Waals surface area (Å²) in [7, 11) is 0. The molecule has 0 radical (unpaired) electrons. The van der Waals surface area contributed by atoms with Gasteiger partial charge in [-0.05, 0) is 18.6 Å². The van der Waals surface area contributed by atoms with Gasteiger partial charge in [-0.2, -0.15) is 0 Å². The lowest BCUT2D eigenvalue weighted by Crippen LogP contribution is -2.59. The van der Waals surface area contributed by atoms with Crippen molar-refractivity contribution in [2.24, 2.45) is 5.92 Å². The maximum Gasteiger partial charge on any atom is 0.411 e. The number of likely N-dealkylation sites (tertiary alicyclic amines) is 1. The predicted octanol–water partition coefficient (Wildman–Crippen LogP) is 4.71. The van der Waals surface area contributed by atoms with E-state index in [0.29, 0.717) is 31.5 Å². The van der Waals surface area contributed by atoms with Gasteiger partial charge in [0.2, 0.25) is 5.91 Å². The molecule has 31 heavy (non-hydrogen) atoms. The number of hydrogen-bond donors (Lipinski definition) is 0. The molecule has 5 nitrogen and oxygen atoms in total. The molecule has 0 N–H and O–H groups in total. The Morgan fingerprint density at radius 2 is 1.68 bits per heavy atom. The van der Waals surface area contributed by atoms with E-state index in [-0.39, 0.29) is 24.2 Å². The fourth-order valence-corrected chi connectivity index (χ4v) is 4.99. The van der Waals surface area contributed by atoms with Crippen molar-refractivity contribution in [1.29, 1.82) is 0 Å². The van der Waals surface area contributed by atoms with E-state index in [1.807, 2.05) is 56.0 Å². The summed E-state index contributed by atoms with van der Waals surface area (Å²) in [6.07, 6.45) is 0.630. The molecule has 2 fully saturated rings. The maximum atomic E-state index is 14.5. The summed E-state index contributed by atoms with van der Waals surface area (Å²) in [5.41, 5.74) is -0.183. The smallest absolute Gasteiger partial charge is 0.411 e. The van der Waals surface area contributed by atoms with Crippen molar-refractivity contribution in [3.05, 3.63) is 71.5 Å². The van der Waals surface area contributed by atoms with Crippen LogP contribution in [0.25, 0.3) is 0 Å². The fourth-order valence-electron chi connectivity index (χ4n) is 4.99. The van der Waals surface area contributed by atoms with Crippen molar-refractivity contribution in [3.8, 4) is 0 Å². The van der Waals surface area contributed by atoms with Crippen LogP contribution in [0.1, 0.15) is 44.7 Å². The standard InChI is InChI=1S/C25H29FN2O3/c1-18(2)22(29)27-15-13-25(14-16-27)24(3,20-10-5-4-6-11-20)28(23(30)31-25)17-19-9-7-8-12-21(19)26/h4-12,18H,13-17H2,1-3H3. The van der Waals surface area contributed by atoms with Gasteiger partial charge >= 0.3 is 6.09 Å². The third-order valence-corrected chi connectivity index (χ3v) is 6.93. The zero-order valence-corrected chi connectivity index (χ0v) is 18.3. The van der Waals surface area contributed by atoms with Crippen molar-refractivity contribution in [1.82, 2.24) is 9.80 Å². The first kappa shape index (κ1) is 21.3. The van der Waals surface area contributed by atoms with E-state index in [2.05, 4.69) is 0 Å². The molecule has 2 aromatic carbocycles. The molecule has 2 saturated heterocycles. The Kier molecular flexibility index (Phi) is 5.50. The molecular formula is C25H29FN2O3. The molecule has 6 heteroatoms. The van der Waals surface area contributed by atoms with Crippen molar-refractivity contribution >= 4 is 12.0 Å². The lowest BCUT2D eigenvalue weighted by atomic mass is 9.70. The summed E-state index contributed by atoms with van der Waals surface area (Å²) in [6.45, 7) is 6.97. The number of hydrogen-bond acceptors (Lipinski definition) is 3. The lowest BCUT2D eigenvalue weighted by Gasteiger charge is -2.48. The normalized spacial score (nSPS) is 22.8. The molecule has 2 aliphatic heterocycles. The van der Waals surface area contributed by atoms with Crippen LogP contribution >= 0.6 is 0 Å². The second-order valence-electron chi connectivity index (χ2n) is 8.96. The van der Waals surface area contributed by atoms with E-state index in [0.717, 1.165) is 5.56 Å². The van der Waals surface area contributed by atoms with Gasteiger partial charge in [-0.3, -0.25) is 9.69 Å². The van der Waals surface area contributed by atoms with Crippen LogP contribution in [0.5, 0.6) is 0 Å². The summed E-state index contributed by atoms with van der Waals surface area (Å²) in [4.78, 5) is 29.2. The molecule has 1 unspecified atom stereocenters. The van der Waals surface area contributed by atoms with Gasteiger partial charge in [0.15, 0.2) is 0 Å². The van der Waals surface area contributed by atoms with E-state index in [9.17, 15) is 14.0 Å². The van der Waals surface area contributed by atoms with Gasteiger partial charge in [-0.15, -0.1) is 0 Å². The third kappa shape index (κ3) is 3.48. The zero-order valence-electron chi connectivity index (χ0n) is 18.3. The monoisotopic (exact) mass is 424 g/mol. The molecule has 0 aliphatic carbocycles. The van der Waals surface area contributed by atoms with Crippen molar-refractivity contribution in [3.63, 3.8) is 0 Å². The van der Waals surface area contributed by atoms with Crippen LogP contribution in [-0.4, -0.2) is 40.5 Å². The van der Waals surface area contributed by atoms with Crippen LogP contribution in [0, 0.1) is 11.7 Å². The zero-order chi connectivity index (χ0) is 22.2. The van der Waals surface area contributed by atoms with E-state index in [1.54, 1.807) is 23.1 Å². The van der Waals surface area contributed by atoms with Gasteiger partial charge in [0, 0.05) is 37.4 Å². The number of carbonyl (C=O) groups is 2. The highest BCUT2D eigenvalue weighted by atomic mass is 19.1. The van der Waals surface area contributed by atoms with Gasteiger partial charge in [-0.25, -0.2) is 9.18 Å². The van der Waals surface area contributed by atoms with E-state index in [1.165, 1.54) is 6.07 Å². The van der Waals surface area contributed by atoms with E-state index >= 15 is 0 Å². The molecular weight excluding hydrogens is 395 g/mol.